The van der Waals surface area contributed by atoms with Gasteiger partial charge in [0.15, 0.2) is 0 Å². The lowest BCUT2D eigenvalue weighted by atomic mass is 10.0. The molecule has 0 amide bonds. The number of rotatable bonds is 5. The fourth-order valence-electron chi connectivity index (χ4n) is 1.41. The molecule has 1 aliphatic rings. The van der Waals surface area contributed by atoms with E-state index in [2.05, 4.69) is 0 Å². The van der Waals surface area contributed by atoms with E-state index in [1.165, 1.54) is 19.1 Å². The number of hydrogen-bond donors (Lipinski definition) is 1. The zero-order valence-electron chi connectivity index (χ0n) is 9.54. The van der Waals surface area contributed by atoms with E-state index in [1.54, 1.807) is 18.4 Å². The highest BCUT2D eigenvalue weighted by molar-refractivity contribution is 5.67. The van der Waals surface area contributed by atoms with Crippen LogP contribution in [0.25, 0.3) is 0 Å². The van der Waals surface area contributed by atoms with Crippen molar-refractivity contribution in [2.75, 3.05) is 6.61 Å². The molecule has 0 spiro atoms. The van der Waals surface area contributed by atoms with Crippen LogP contribution in [0.3, 0.4) is 0 Å². The molecular weight excluding hydrogens is 222 g/mol. The largest absolute Gasteiger partial charge is 0.497 e. The Balaban J connectivity index is 2.77. The fraction of sp³-hybridized carbons (Fsp3) is 0.333. The summed E-state index contributed by atoms with van der Waals surface area (Å²) in [6.07, 6.45) is 7.73. The average Bonchev–Trinajstić information content (AvgIpc) is 2.34. The highest BCUT2D eigenvalue weighted by Crippen LogP contribution is 2.13. The minimum atomic E-state index is -0.668. The second-order valence-corrected chi connectivity index (χ2v) is 3.50. The third-order valence-corrected chi connectivity index (χ3v) is 2.20. The van der Waals surface area contributed by atoms with Crippen molar-refractivity contribution >= 4 is 12.3 Å². The van der Waals surface area contributed by atoms with Gasteiger partial charge in [-0.3, -0.25) is 9.59 Å². The maximum absolute atomic E-state index is 10.9. The van der Waals surface area contributed by atoms with E-state index >= 15 is 0 Å². The van der Waals surface area contributed by atoms with Gasteiger partial charge in [0.1, 0.15) is 19.0 Å². The standard InChI is InChI=1S/C12H15NO4/c1-9(15)17-11(5-2-6-14)12(13)10-4-3-7-16-8-10/h2-7,11-12H,8,13H2,1H3/b5-2+. The van der Waals surface area contributed by atoms with Gasteiger partial charge < -0.3 is 15.2 Å². The molecule has 0 aromatic carbocycles. The van der Waals surface area contributed by atoms with Crippen LogP contribution in [0.2, 0.25) is 0 Å². The van der Waals surface area contributed by atoms with Crippen LogP contribution < -0.4 is 5.73 Å². The van der Waals surface area contributed by atoms with E-state index in [4.69, 9.17) is 15.2 Å². The maximum atomic E-state index is 10.9. The Kier molecular flexibility index (Phi) is 5.16. The summed E-state index contributed by atoms with van der Waals surface area (Å²) in [4.78, 5) is 21.2. The van der Waals surface area contributed by atoms with Crippen LogP contribution >= 0.6 is 0 Å². The number of carbonyl (C=O) groups is 2. The van der Waals surface area contributed by atoms with Gasteiger partial charge in [0, 0.05) is 6.92 Å². The zero-order chi connectivity index (χ0) is 12.7. The lowest BCUT2D eigenvalue weighted by Crippen LogP contribution is -2.39. The van der Waals surface area contributed by atoms with Crippen LogP contribution in [0.4, 0.5) is 0 Å². The molecule has 0 fully saturated rings. The summed E-state index contributed by atoms with van der Waals surface area (Å²) in [5, 5.41) is 0. The van der Waals surface area contributed by atoms with E-state index in [-0.39, 0.29) is 0 Å². The lowest BCUT2D eigenvalue weighted by Gasteiger charge is -2.24. The van der Waals surface area contributed by atoms with Crippen molar-refractivity contribution in [1.29, 1.82) is 0 Å². The molecule has 0 saturated carbocycles. The number of allylic oxidation sites excluding steroid dienone is 3. The van der Waals surface area contributed by atoms with Crippen molar-refractivity contribution in [2.45, 2.75) is 19.1 Å². The topological polar surface area (TPSA) is 78.6 Å². The summed E-state index contributed by atoms with van der Waals surface area (Å²) < 4.78 is 10.1. The smallest absolute Gasteiger partial charge is 0.303 e. The van der Waals surface area contributed by atoms with E-state index in [1.807, 2.05) is 0 Å². The van der Waals surface area contributed by atoms with E-state index in [0.717, 1.165) is 5.57 Å². The number of esters is 1. The molecule has 5 nitrogen and oxygen atoms in total. The van der Waals surface area contributed by atoms with Gasteiger partial charge in [-0.25, -0.2) is 0 Å². The molecular formula is C12H15NO4. The minimum absolute atomic E-state index is 0.352. The summed E-state index contributed by atoms with van der Waals surface area (Å²) in [5.74, 6) is -0.450. The van der Waals surface area contributed by atoms with Gasteiger partial charge in [0.2, 0.25) is 0 Å². The van der Waals surface area contributed by atoms with Crippen LogP contribution in [0, 0.1) is 0 Å². The molecule has 1 aliphatic heterocycles. The SMILES string of the molecule is CC(=O)OC(/C=C/C=O)C(N)C1=CC=COC1. The molecule has 0 saturated heterocycles. The summed E-state index contributed by atoms with van der Waals surface area (Å²) in [6.45, 7) is 1.64. The molecule has 0 radical (unpaired) electrons. The first-order valence-corrected chi connectivity index (χ1v) is 5.17. The summed E-state index contributed by atoms with van der Waals surface area (Å²) in [5.41, 5.74) is 6.76. The van der Waals surface area contributed by atoms with Gasteiger partial charge in [-0.15, -0.1) is 0 Å². The fourth-order valence-corrected chi connectivity index (χ4v) is 1.41. The zero-order valence-corrected chi connectivity index (χ0v) is 9.54. The van der Waals surface area contributed by atoms with E-state index in [9.17, 15) is 9.59 Å². The first kappa shape index (κ1) is 13.2. The molecule has 1 heterocycles. The van der Waals surface area contributed by atoms with E-state index in [0.29, 0.717) is 12.9 Å². The number of aldehydes is 1. The van der Waals surface area contributed by atoms with Gasteiger partial charge in [-0.1, -0.05) is 6.08 Å². The molecule has 17 heavy (non-hydrogen) atoms. The number of hydrogen-bond acceptors (Lipinski definition) is 5. The predicted octanol–water partition coefficient (Wildman–Crippen LogP) is 0.471. The van der Waals surface area contributed by atoms with Crippen LogP contribution in [0.15, 0.2) is 36.1 Å². The van der Waals surface area contributed by atoms with Crippen LogP contribution in [0.1, 0.15) is 6.92 Å². The lowest BCUT2D eigenvalue weighted by molar-refractivity contribution is -0.144. The van der Waals surface area contributed by atoms with Gasteiger partial charge in [-0.05, 0) is 23.8 Å². The second-order valence-electron chi connectivity index (χ2n) is 3.50. The maximum Gasteiger partial charge on any atom is 0.303 e. The molecule has 2 N–H and O–H groups in total. The normalized spacial score (nSPS) is 18.1. The quantitative estimate of drug-likeness (QED) is 0.427. The van der Waals surface area contributed by atoms with Crippen LogP contribution in [0.5, 0.6) is 0 Å². The molecule has 5 heteroatoms. The first-order valence-electron chi connectivity index (χ1n) is 5.17. The molecule has 0 bridgehead atoms. The number of ether oxygens (including phenoxy) is 2. The minimum Gasteiger partial charge on any atom is -0.497 e. The average molecular weight is 237 g/mol. The molecule has 0 aliphatic carbocycles. The third kappa shape index (κ3) is 4.24. The highest BCUT2D eigenvalue weighted by atomic mass is 16.5. The van der Waals surface area contributed by atoms with E-state index < -0.39 is 18.1 Å². The van der Waals surface area contributed by atoms with Crippen molar-refractivity contribution in [3.8, 4) is 0 Å². The molecule has 2 atom stereocenters. The Morgan fingerprint density at radius 1 is 1.65 bits per heavy atom. The van der Waals surface area contributed by atoms with Crippen molar-refractivity contribution in [1.82, 2.24) is 0 Å². The molecule has 0 aromatic rings. The first-order chi connectivity index (χ1) is 8.15. The molecule has 2 unspecified atom stereocenters. The Morgan fingerprint density at radius 3 is 2.94 bits per heavy atom. The summed E-state index contributed by atoms with van der Waals surface area (Å²) in [7, 11) is 0. The van der Waals surface area contributed by atoms with Crippen LogP contribution in [-0.4, -0.2) is 31.0 Å². The Labute approximate surface area is 99.6 Å². The number of nitrogens with two attached hydrogens (primary N) is 1. The Hall–Kier alpha value is -1.88. The van der Waals surface area contributed by atoms with Crippen molar-refractivity contribution in [3.05, 3.63) is 36.1 Å². The summed E-state index contributed by atoms with van der Waals surface area (Å²) >= 11 is 0. The van der Waals surface area contributed by atoms with Crippen molar-refractivity contribution < 1.29 is 19.1 Å². The van der Waals surface area contributed by atoms with Gasteiger partial charge in [-0.2, -0.15) is 0 Å². The van der Waals surface area contributed by atoms with Crippen molar-refractivity contribution in [2.24, 2.45) is 5.73 Å². The molecule has 1 rings (SSSR count). The Morgan fingerprint density at radius 2 is 2.41 bits per heavy atom. The van der Waals surface area contributed by atoms with Gasteiger partial charge in [0.25, 0.3) is 0 Å². The Bertz CT molecular complexity index is 371. The second kappa shape index (κ2) is 6.65. The van der Waals surface area contributed by atoms with Crippen molar-refractivity contribution in [3.63, 3.8) is 0 Å². The molecule has 92 valence electrons. The monoisotopic (exact) mass is 237 g/mol. The summed E-state index contributed by atoms with van der Waals surface area (Å²) in [6, 6.07) is -0.528. The predicted molar refractivity (Wildman–Crippen MR) is 61.9 cm³/mol. The van der Waals surface area contributed by atoms with Crippen LogP contribution in [-0.2, 0) is 19.1 Å². The molecule has 0 aromatic heterocycles. The highest BCUT2D eigenvalue weighted by Gasteiger charge is 2.22. The van der Waals surface area contributed by atoms with Gasteiger partial charge in [0.05, 0.1) is 12.3 Å². The number of carbonyl (C=O) groups excluding carboxylic acids is 2. The third-order valence-electron chi connectivity index (χ3n) is 2.20. The van der Waals surface area contributed by atoms with Gasteiger partial charge >= 0.3 is 5.97 Å².